The number of esters is 1. The quantitative estimate of drug-likeness (QED) is 0.599. The molecule has 2 aromatic carbocycles. The fraction of sp³-hybridized carbons (Fsp3) is 0.143. The van der Waals surface area contributed by atoms with E-state index in [1.165, 1.54) is 5.56 Å². The zero-order valence-corrected chi connectivity index (χ0v) is 13.8. The number of hydrogen-bond acceptors (Lipinski definition) is 3. The normalized spacial score (nSPS) is 16.0. The molecule has 120 valence electrons. The third-order valence-electron chi connectivity index (χ3n) is 3.76. The molecule has 3 rings (SSSR count). The van der Waals surface area contributed by atoms with Crippen molar-refractivity contribution < 1.29 is 9.53 Å². The predicted octanol–water partition coefficient (Wildman–Crippen LogP) is 4.82. The van der Waals surface area contributed by atoms with E-state index in [4.69, 9.17) is 4.74 Å². The van der Waals surface area contributed by atoms with Gasteiger partial charge < -0.3 is 4.74 Å². The van der Waals surface area contributed by atoms with Gasteiger partial charge in [-0.25, -0.2) is 9.79 Å². The molecule has 0 radical (unpaired) electrons. The molecule has 0 N–H and O–H groups in total. The Labute approximate surface area is 142 Å². The molecular formula is C21H19NO2. The van der Waals surface area contributed by atoms with Gasteiger partial charge in [-0.1, -0.05) is 68.4 Å². The van der Waals surface area contributed by atoms with E-state index in [2.05, 4.69) is 31.0 Å². The largest absolute Gasteiger partial charge is 0.403 e. The highest BCUT2D eigenvalue weighted by atomic mass is 16.6. The molecule has 0 bridgehead atoms. The number of benzene rings is 2. The lowest BCUT2D eigenvalue weighted by Crippen LogP contribution is -2.01. The molecule has 0 unspecified atom stereocenters. The fourth-order valence-electron chi connectivity index (χ4n) is 2.36. The molecule has 0 fully saturated rings. The standard InChI is InChI=1S/C21H19NO2/c1-15(2)18-11-8-17(9-12-18)14-19-21(23)24-20(22-19)13-10-16-6-4-3-5-7-16/h3-15H,1-2H3. The van der Waals surface area contributed by atoms with Crippen LogP contribution in [0.1, 0.15) is 36.5 Å². The average molecular weight is 317 g/mol. The molecule has 24 heavy (non-hydrogen) atoms. The molecule has 1 aliphatic rings. The minimum absolute atomic E-state index is 0.314. The number of carbonyl (C=O) groups is 1. The number of nitrogens with zero attached hydrogens (tertiary/aromatic N) is 1. The molecule has 0 saturated heterocycles. The minimum Gasteiger partial charge on any atom is -0.403 e. The number of carbonyl (C=O) groups excluding carboxylic acids is 1. The zero-order chi connectivity index (χ0) is 16.9. The summed E-state index contributed by atoms with van der Waals surface area (Å²) in [5.74, 6) is 0.375. The van der Waals surface area contributed by atoms with Crippen molar-refractivity contribution in [2.75, 3.05) is 0 Å². The van der Waals surface area contributed by atoms with E-state index in [1.54, 1.807) is 12.2 Å². The number of ether oxygens (including phenoxy) is 1. The lowest BCUT2D eigenvalue weighted by Gasteiger charge is -2.04. The Morgan fingerprint density at radius 1 is 0.917 bits per heavy atom. The van der Waals surface area contributed by atoms with Crippen LogP contribution in [0.4, 0.5) is 0 Å². The van der Waals surface area contributed by atoms with Gasteiger partial charge in [0.05, 0.1) is 0 Å². The fourth-order valence-corrected chi connectivity index (χ4v) is 2.36. The first-order valence-electron chi connectivity index (χ1n) is 7.97. The number of cyclic esters (lactones) is 1. The highest BCUT2D eigenvalue weighted by Crippen LogP contribution is 2.19. The van der Waals surface area contributed by atoms with E-state index < -0.39 is 5.97 Å². The van der Waals surface area contributed by atoms with Crippen LogP contribution in [0.2, 0.25) is 0 Å². The molecule has 0 atom stereocenters. The summed E-state index contributed by atoms with van der Waals surface area (Å²) in [6, 6.07) is 17.9. The monoisotopic (exact) mass is 317 g/mol. The van der Waals surface area contributed by atoms with Gasteiger partial charge in [0.15, 0.2) is 5.70 Å². The first-order valence-corrected chi connectivity index (χ1v) is 7.97. The van der Waals surface area contributed by atoms with Crippen molar-refractivity contribution in [2.24, 2.45) is 4.99 Å². The van der Waals surface area contributed by atoms with Crippen LogP contribution in [-0.4, -0.2) is 11.9 Å². The van der Waals surface area contributed by atoms with Gasteiger partial charge in [-0.3, -0.25) is 0 Å². The molecule has 0 amide bonds. The van der Waals surface area contributed by atoms with Crippen LogP contribution in [0.15, 0.2) is 71.4 Å². The number of aliphatic imine (C=N–C) groups is 1. The lowest BCUT2D eigenvalue weighted by molar-refractivity contribution is -0.129. The van der Waals surface area contributed by atoms with Crippen molar-refractivity contribution in [2.45, 2.75) is 19.8 Å². The van der Waals surface area contributed by atoms with Gasteiger partial charge in [0, 0.05) is 6.08 Å². The SMILES string of the molecule is CC(C)c1ccc(C=C2N=C(C=Cc3ccccc3)OC2=O)cc1. The number of hydrogen-bond donors (Lipinski definition) is 0. The third-order valence-corrected chi connectivity index (χ3v) is 3.76. The summed E-state index contributed by atoms with van der Waals surface area (Å²) < 4.78 is 5.19. The van der Waals surface area contributed by atoms with Crippen LogP contribution in [0, 0.1) is 0 Å². The Hall–Kier alpha value is -2.94. The first kappa shape index (κ1) is 15.9. The lowest BCUT2D eigenvalue weighted by atomic mass is 10.0. The minimum atomic E-state index is -0.421. The molecule has 3 nitrogen and oxygen atoms in total. The first-order chi connectivity index (χ1) is 11.6. The maximum absolute atomic E-state index is 11.9. The molecule has 2 aromatic rings. The van der Waals surface area contributed by atoms with E-state index in [0.717, 1.165) is 11.1 Å². The highest BCUT2D eigenvalue weighted by molar-refractivity contribution is 6.11. The molecular weight excluding hydrogens is 298 g/mol. The van der Waals surface area contributed by atoms with Gasteiger partial charge in [0.2, 0.25) is 5.90 Å². The Kier molecular flexibility index (Phi) is 4.71. The highest BCUT2D eigenvalue weighted by Gasteiger charge is 2.21. The second-order valence-corrected chi connectivity index (χ2v) is 5.93. The van der Waals surface area contributed by atoms with Crippen LogP contribution in [0.5, 0.6) is 0 Å². The maximum Gasteiger partial charge on any atom is 0.363 e. The number of rotatable bonds is 4. The van der Waals surface area contributed by atoms with Crippen molar-refractivity contribution in [3.8, 4) is 0 Å². The van der Waals surface area contributed by atoms with Gasteiger partial charge in [0.25, 0.3) is 0 Å². The summed E-state index contributed by atoms with van der Waals surface area (Å²) >= 11 is 0. The molecule has 0 aromatic heterocycles. The van der Waals surface area contributed by atoms with Crippen molar-refractivity contribution in [1.82, 2.24) is 0 Å². The van der Waals surface area contributed by atoms with Crippen LogP contribution in [0.25, 0.3) is 12.2 Å². The molecule has 3 heteroatoms. The van der Waals surface area contributed by atoms with Crippen molar-refractivity contribution in [1.29, 1.82) is 0 Å². The van der Waals surface area contributed by atoms with Gasteiger partial charge >= 0.3 is 5.97 Å². The van der Waals surface area contributed by atoms with E-state index in [-0.39, 0.29) is 0 Å². The summed E-state index contributed by atoms with van der Waals surface area (Å²) in [5, 5.41) is 0. The van der Waals surface area contributed by atoms with E-state index >= 15 is 0 Å². The second-order valence-electron chi connectivity index (χ2n) is 5.93. The topological polar surface area (TPSA) is 38.7 Å². The summed E-state index contributed by atoms with van der Waals surface area (Å²) in [6.07, 6.45) is 5.32. The van der Waals surface area contributed by atoms with Crippen molar-refractivity contribution in [3.63, 3.8) is 0 Å². The smallest absolute Gasteiger partial charge is 0.363 e. The van der Waals surface area contributed by atoms with E-state index in [1.807, 2.05) is 48.5 Å². The van der Waals surface area contributed by atoms with Crippen molar-refractivity contribution in [3.05, 3.63) is 83.1 Å². The molecule has 0 aliphatic carbocycles. The Morgan fingerprint density at radius 2 is 1.62 bits per heavy atom. The van der Waals surface area contributed by atoms with Crippen molar-refractivity contribution >= 4 is 24.0 Å². The van der Waals surface area contributed by atoms with E-state index in [0.29, 0.717) is 17.5 Å². The average Bonchev–Trinajstić information content (AvgIpc) is 2.94. The maximum atomic E-state index is 11.9. The molecule has 0 spiro atoms. The van der Waals surface area contributed by atoms with Crippen LogP contribution >= 0.6 is 0 Å². The van der Waals surface area contributed by atoms with Gasteiger partial charge in [-0.15, -0.1) is 0 Å². The Bertz CT molecular complexity index is 813. The summed E-state index contributed by atoms with van der Waals surface area (Å²) in [5.41, 5.74) is 3.54. The Morgan fingerprint density at radius 3 is 2.29 bits per heavy atom. The molecule has 0 saturated carbocycles. The van der Waals surface area contributed by atoms with E-state index in [9.17, 15) is 4.79 Å². The summed E-state index contributed by atoms with van der Waals surface area (Å²) in [6.45, 7) is 4.30. The molecule has 1 aliphatic heterocycles. The molecule has 1 heterocycles. The van der Waals surface area contributed by atoms with Crippen LogP contribution in [-0.2, 0) is 9.53 Å². The summed E-state index contributed by atoms with van der Waals surface area (Å²) in [4.78, 5) is 16.2. The second kappa shape index (κ2) is 7.09. The Balaban J connectivity index is 1.77. The van der Waals surface area contributed by atoms with Gasteiger partial charge in [-0.2, -0.15) is 0 Å². The third kappa shape index (κ3) is 3.87. The van der Waals surface area contributed by atoms with Gasteiger partial charge in [0.1, 0.15) is 0 Å². The zero-order valence-electron chi connectivity index (χ0n) is 13.8. The van der Waals surface area contributed by atoms with Crippen LogP contribution < -0.4 is 0 Å². The predicted molar refractivity (Wildman–Crippen MR) is 97.5 cm³/mol. The van der Waals surface area contributed by atoms with Gasteiger partial charge in [-0.05, 0) is 34.8 Å². The van der Waals surface area contributed by atoms with Crippen LogP contribution in [0.3, 0.4) is 0 Å². The summed E-state index contributed by atoms with van der Waals surface area (Å²) in [7, 11) is 0.